The van der Waals surface area contributed by atoms with Crippen molar-refractivity contribution in [2.24, 2.45) is 5.73 Å². The molecule has 4 nitrogen and oxygen atoms in total. The Morgan fingerprint density at radius 3 is 2.53 bits per heavy atom. The normalized spacial score (nSPS) is 16.5. The fourth-order valence-corrected chi connectivity index (χ4v) is 2.82. The Labute approximate surface area is 113 Å². The van der Waals surface area contributed by atoms with Crippen LogP contribution in [0.4, 0.5) is 0 Å². The molecule has 4 heteroatoms. The van der Waals surface area contributed by atoms with Gasteiger partial charge in [-0.2, -0.15) is 0 Å². The number of aromatic nitrogens is 3. The van der Waals surface area contributed by atoms with Crippen LogP contribution >= 0.6 is 0 Å². The minimum Gasteiger partial charge on any atom is -0.324 e. The molecule has 3 rings (SSSR count). The molecule has 1 fully saturated rings. The zero-order valence-electron chi connectivity index (χ0n) is 11.3. The van der Waals surface area contributed by atoms with Crippen molar-refractivity contribution in [1.29, 1.82) is 0 Å². The fraction of sp³-hybridized carbons (Fsp3) is 0.467. The molecule has 0 atom stereocenters. The molecule has 1 aliphatic carbocycles. The number of rotatable bonds is 5. The van der Waals surface area contributed by atoms with Crippen molar-refractivity contribution in [3.63, 3.8) is 0 Å². The molecular formula is C15H20N4. The maximum Gasteiger partial charge on any atom is 0.146 e. The van der Waals surface area contributed by atoms with Gasteiger partial charge in [0.05, 0.1) is 12.0 Å². The van der Waals surface area contributed by atoms with E-state index in [0.717, 1.165) is 37.5 Å². The monoisotopic (exact) mass is 256 g/mol. The van der Waals surface area contributed by atoms with E-state index in [1.165, 1.54) is 5.56 Å². The molecule has 0 aliphatic heterocycles. The van der Waals surface area contributed by atoms with E-state index in [2.05, 4.69) is 52.0 Å². The van der Waals surface area contributed by atoms with E-state index in [1.807, 2.05) is 0 Å². The zero-order valence-corrected chi connectivity index (χ0v) is 11.3. The predicted molar refractivity (Wildman–Crippen MR) is 74.7 cm³/mol. The van der Waals surface area contributed by atoms with E-state index in [-0.39, 0.29) is 5.41 Å². The molecule has 2 aromatic rings. The predicted octanol–water partition coefficient (Wildman–Crippen LogP) is 2.23. The van der Waals surface area contributed by atoms with E-state index in [1.54, 1.807) is 0 Å². The Morgan fingerprint density at radius 2 is 1.95 bits per heavy atom. The molecule has 1 aromatic carbocycles. The van der Waals surface area contributed by atoms with Crippen LogP contribution in [0.2, 0.25) is 0 Å². The van der Waals surface area contributed by atoms with Gasteiger partial charge in [0.1, 0.15) is 11.6 Å². The molecule has 2 N–H and O–H groups in total. The van der Waals surface area contributed by atoms with E-state index < -0.39 is 0 Å². The maximum absolute atomic E-state index is 5.77. The second-order valence-electron chi connectivity index (χ2n) is 5.24. The summed E-state index contributed by atoms with van der Waals surface area (Å²) in [4.78, 5) is 0. The third-order valence-electron chi connectivity index (χ3n) is 3.96. The molecular weight excluding hydrogens is 236 g/mol. The highest BCUT2D eigenvalue weighted by molar-refractivity contribution is 5.39. The van der Waals surface area contributed by atoms with Crippen LogP contribution < -0.4 is 5.73 Å². The largest absolute Gasteiger partial charge is 0.324 e. The summed E-state index contributed by atoms with van der Waals surface area (Å²) in [6, 6.07) is 10.6. The number of hydrogen-bond donors (Lipinski definition) is 1. The Kier molecular flexibility index (Phi) is 3.11. The van der Waals surface area contributed by atoms with Crippen molar-refractivity contribution >= 4 is 0 Å². The molecule has 0 amide bonds. The first-order valence-electron chi connectivity index (χ1n) is 7.00. The molecule has 1 aromatic heterocycles. The second-order valence-corrected chi connectivity index (χ2v) is 5.24. The molecule has 0 spiro atoms. The summed E-state index contributed by atoms with van der Waals surface area (Å²) in [5.74, 6) is 2.00. The van der Waals surface area contributed by atoms with Gasteiger partial charge in [0.25, 0.3) is 0 Å². The summed E-state index contributed by atoms with van der Waals surface area (Å²) in [7, 11) is 0. The molecule has 0 radical (unpaired) electrons. The summed E-state index contributed by atoms with van der Waals surface area (Å²) in [6.07, 6.45) is 3.38. The molecule has 1 heterocycles. The van der Waals surface area contributed by atoms with Crippen LogP contribution in [0.15, 0.2) is 30.3 Å². The van der Waals surface area contributed by atoms with Crippen molar-refractivity contribution in [2.75, 3.05) is 0 Å². The van der Waals surface area contributed by atoms with Gasteiger partial charge in [-0.3, -0.25) is 0 Å². The number of nitrogens with two attached hydrogens (primary N) is 1. The average molecular weight is 256 g/mol. The van der Waals surface area contributed by atoms with Crippen molar-refractivity contribution in [3.05, 3.63) is 47.5 Å². The van der Waals surface area contributed by atoms with Gasteiger partial charge >= 0.3 is 0 Å². The maximum atomic E-state index is 5.77. The Morgan fingerprint density at radius 1 is 1.21 bits per heavy atom. The quantitative estimate of drug-likeness (QED) is 0.892. The molecule has 19 heavy (non-hydrogen) atoms. The van der Waals surface area contributed by atoms with Gasteiger partial charge in [0, 0.05) is 6.54 Å². The van der Waals surface area contributed by atoms with E-state index in [0.29, 0.717) is 6.54 Å². The number of hydrogen-bond acceptors (Lipinski definition) is 3. The summed E-state index contributed by atoms with van der Waals surface area (Å²) >= 11 is 0. The summed E-state index contributed by atoms with van der Waals surface area (Å²) in [5, 5.41) is 8.72. The van der Waals surface area contributed by atoms with Gasteiger partial charge in [-0.05, 0) is 24.8 Å². The van der Waals surface area contributed by atoms with Crippen molar-refractivity contribution in [2.45, 2.75) is 44.7 Å². The lowest BCUT2D eigenvalue weighted by Gasteiger charge is -2.17. The van der Waals surface area contributed by atoms with E-state index in [4.69, 9.17) is 5.73 Å². The van der Waals surface area contributed by atoms with Crippen LogP contribution in [0.3, 0.4) is 0 Å². The third-order valence-corrected chi connectivity index (χ3v) is 3.96. The molecule has 100 valence electrons. The van der Waals surface area contributed by atoms with Crippen LogP contribution in [0, 0.1) is 0 Å². The number of nitrogens with zero attached hydrogens (tertiary/aromatic N) is 3. The lowest BCUT2D eigenvalue weighted by molar-refractivity contribution is 0.580. The zero-order chi connectivity index (χ0) is 13.3. The minimum atomic E-state index is 0.0802. The Bertz CT molecular complexity index is 555. The first-order valence-corrected chi connectivity index (χ1v) is 7.00. The minimum absolute atomic E-state index is 0.0802. The molecule has 0 unspecified atom stereocenters. The number of benzene rings is 1. The van der Waals surface area contributed by atoms with Crippen molar-refractivity contribution in [1.82, 2.24) is 14.8 Å². The molecule has 1 aliphatic rings. The summed E-state index contributed by atoms with van der Waals surface area (Å²) < 4.78 is 2.22. The summed E-state index contributed by atoms with van der Waals surface area (Å²) in [6.45, 7) is 3.58. The lowest BCUT2D eigenvalue weighted by Crippen LogP contribution is -2.19. The van der Waals surface area contributed by atoms with Crippen LogP contribution in [0.25, 0.3) is 0 Å². The van der Waals surface area contributed by atoms with Gasteiger partial charge in [-0.15, -0.1) is 10.2 Å². The van der Waals surface area contributed by atoms with Crippen LogP contribution in [0.5, 0.6) is 0 Å². The molecule has 0 saturated heterocycles. The molecule has 1 saturated carbocycles. The topological polar surface area (TPSA) is 56.7 Å². The first-order chi connectivity index (χ1) is 9.31. The van der Waals surface area contributed by atoms with E-state index >= 15 is 0 Å². The second kappa shape index (κ2) is 4.78. The van der Waals surface area contributed by atoms with Gasteiger partial charge in [0.2, 0.25) is 0 Å². The SMILES string of the molecule is CCCn1c(CN)nnc1C1(c2ccccc2)CC1. The molecule has 0 bridgehead atoms. The Hall–Kier alpha value is -1.68. The van der Waals surface area contributed by atoms with Crippen LogP contribution in [0.1, 0.15) is 43.4 Å². The van der Waals surface area contributed by atoms with Crippen molar-refractivity contribution < 1.29 is 0 Å². The third kappa shape index (κ3) is 1.96. The van der Waals surface area contributed by atoms with Gasteiger partial charge < -0.3 is 10.3 Å². The Balaban J connectivity index is 2.05. The van der Waals surface area contributed by atoms with Gasteiger partial charge in [-0.25, -0.2) is 0 Å². The standard InChI is InChI=1S/C15H20N4/c1-2-10-19-13(11-16)17-18-14(19)15(8-9-15)12-6-4-3-5-7-12/h3-7H,2,8-11,16H2,1H3. The summed E-state index contributed by atoms with van der Waals surface area (Å²) in [5.41, 5.74) is 7.20. The highest BCUT2D eigenvalue weighted by Crippen LogP contribution is 2.52. The lowest BCUT2D eigenvalue weighted by atomic mass is 9.95. The van der Waals surface area contributed by atoms with Crippen LogP contribution in [-0.4, -0.2) is 14.8 Å². The highest BCUT2D eigenvalue weighted by Gasteiger charge is 2.50. The fourth-order valence-electron chi connectivity index (χ4n) is 2.82. The first kappa shape index (κ1) is 12.4. The smallest absolute Gasteiger partial charge is 0.146 e. The van der Waals surface area contributed by atoms with Crippen molar-refractivity contribution in [3.8, 4) is 0 Å². The van der Waals surface area contributed by atoms with Crippen LogP contribution in [-0.2, 0) is 18.5 Å². The highest BCUT2D eigenvalue weighted by atomic mass is 15.3. The van der Waals surface area contributed by atoms with Gasteiger partial charge in [-0.1, -0.05) is 37.3 Å². The van der Waals surface area contributed by atoms with Gasteiger partial charge in [0.15, 0.2) is 0 Å². The average Bonchev–Trinajstić information content (AvgIpc) is 3.17. The van der Waals surface area contributed by atoms with E-state index in [9.17, 15) is 0 Å².